The van der Waals surface area contributed by atoms with Gasteiger partial charge < -0.3 is 4.90 Å². The zero-order valence-corrected chi connectivity index (χ0v) is 14.4. The van der Waals surface area contributed by atoms with Crippen LogP contribution in [-0.2, 0) is 6.42 Å². The summed E-state index contributed by atoms with van der Waals surface area (Å²) >= 11 is 6.56. The lowest BCUT2D eigenvalue weighted by Crippen LogP contribution is -2.36. The van der Waals surface area contributed by atoms with Crippen LogP contribution in [0.2, 0.25) is 0 Å². The molecule has 124 valence electrons. The number of aromatic nitrogens is 2. The van der Waals surface area contributed by atoms with Crippen molar-refractivity contribution in [1.82, 2.24) is 9.97 Å². The smallest absolute Gasteiger partial charge is 0.225 e. The molecule has 0 spiro atoms. The van der Waals surface area contributed by atoms with Crippen molar-refractivity contribution in [3.8, 4) is 0 Å². The van der Waals surface area contributed by atoms with Crippen LogP contribution in [0.15, 0.2) is 46.2 Å². The van der Waals surface area contributed by atoms with E-state index in [1.165, 1.54) is 5.56 Å². The van der Waals surface area contributed by atoms with Gasteiger partial charge in [-0.05, 0) is 24.8 Å². The molecule has 0 N–H and O–H groups in total. The molecule has 1 atom stereocenters. The van der Waals surface area contributed by atoms with Crippen molar-refractivity contribution in [3.05, 3.63) is 41.8 Å². The van der Waals surface area contributed by atoms with Gasteiger partial charge in [-0.2, -0.15) is 4.99 Å². The molecule has 4 heterocycles. The average Bonchev–Trinajstić information content (AvgIpc) is 2.99. The number of nitrogens with zero attached hydrogens (tertiary/aromatic N) is 6. The van der Waals surface area contributed by atoms with E-state index in [1.54, 1.807) is 12.5 Å². The van der Waals surface area contributed by atoms with Gasteiger partial charge in [-0.25, -0.2) is 9.97 Å². The molecule has 4 rings (SSSR count). The molecule has 24 heavy (non-hydrogen) atoms. The average molecular weight is 344 g/mol. The molecule has 7 heteroatoms. The van der Waals surface area contributed by atoms with E-state index in [9.17, 15) is 0 Å². The molecule has 0 aliphatic carbocycles. The SMILES string of the molecule is CCc1cnc(N2CCC(C3=C4C=NC=C[N+]4(Cl)C=N3)CC2)nc1. The normalized spacial score (nSPS) is 26.3. The molecule has 3 aliphatic heterocycles. The van der Waals surface area contributed by atoms with Gasteiger partial charge in [0.1, 0.15) is 11.9 Å². The Kier molecular flexibility index (Phi) is 3.94. The highest BCUT2D eigenvalue weighted by atomic mass is 35.5. The molecule has 1 fully saturated rings. The number of halogens is 1. The number of anilines is 1. The second-order valence-corrected chi connectivity index (χ2v) is 6.84. The van der Waals surface area contributed by atoms with Gasteiger partial charge in [0.25, 0.3) is 0 Å². The van der Waals surface area contributed by atoms with Gasteiger partial charge in [-0.1, -0.05) is 6.92 Å². The minimum absolute atomic E-state index is 0.112. The number of hydrogen-bond acceptors (Lipinski definition) is 5. The molecular weight excluding hydrogens is 324 g/mol. The van der Waals surface area contributed by atoms with E-state index in [0.29, 0.717) is 5.92 Å². The summed E-state index contributed by atoms with van der Waals surface area (Å²) in [4.78, 5) is 20.0. The third-order valence-corrected chi connectivity index (χ3v) is 5.21. The molecule has 1 unspecified atom stereocenters. The third kappa shape index (κ3) is 2.65. The van der Waals surface area contributed by atoms with Crippen LogP contribution >= 0.6 is 11.8 Å². The van der Waals surface area contributed by atoms with Gasteiger partial charge in [-0.15, -0.1) is 4.00 Å². The molecule has 1 aromatic rings. The Morgan fingerprint density at radius 1 is 1.25 bits per heavy atom. The number of hydrogen-bond donors (Lipinski definition) is 0. The predicted molar refractivity (Wildman–Crippen MR) is 95.6 cm³/mol. The van der Waals surface area contributed by atoms with Gasteiger partial charge in [-0.3, -0.25) is 4.99 Å². The predicted octanol–water partition coefficient (Wildman–Crippen LogP) is 3.04. The van der Waals surface area contributed by atoms with E-state index in [2.05, 4.69) is 31.8 Å². The van der Waals surface area contributed by atoms with E-state index >= 15 is 0 Å². The van der Waals surface area contributed by atoms with Crippen molar-refractivity contribution in [3.63, 3.8) is 0 Å². The van der Waals surface area contributed by atoms with Gasteiger partial charge in [0.15, 0.2) is 11.8 Å². The van der Waals surface area contributed by atoms with Crippen LogP contribution in [0.25, 0.3) is 0 Å². The molecule has 0 saturated carbocycles. The highest BCUT2D eigenvalue weighted by molar-refractivity contribution is 6.14. The first-order chi connectivity index (χ1) is 11.7. The van der Waals surface area contributed by atoms with Crippen LogP contribution in [0.4, 0.5) is 5.95 Å². The Labute approximate surface area is 146 Å². The van der Waals surface area contributed by atoms with E-state index in [0.717, 1.165) is 49.7 Å². The molecular formula is C17H20ClN6+. The molecule has 0 aromatic carbocycles. The Hall–Kier alpha value is -2.05. The first-order valence-electron chi connectivity index (χ1n) is 8.34. The number of aryl methyl sites for hydroxylation is 1. The second kappa shape index (κ2) is 6.11. The molecule has 0 bridgehead atoms. The minimum Gasteiger partial charge on any atom is -0.341 e. The van der Waals surface area contributed by atoms with Crippen LogP contribution in [0, 0.1) is 5.92 Å². The standard InChI is InChI=1S/C17H20ClN6/c1-2-13-9-20-17(21-10-13)23-6-3-14(4-7-23)16-15-11-19-5-8-24(15,18)12-22-16/h5,8-12,14H,2-4,6-7H2,1H3/q+1. The second-order valence-electron chi connectivity index (χ2n) is 6.28. The van der Waals surface area contributed by atoms with E-state index in [1.807, 2.05) is 24.8 Å². The summed E-state index contributed by atoms with van der Waals surface area (Å²) in [6.45, 7) is 3.97. The summed E-state index contributed by atoms with van der Waals surface area (Å²) in [6.07, 6.45) is 14.0. The molecule has 0 radical (unpaired) electrons. The monoisotopic (exact) mass is 343 g/mol. The van der Waals surface area contributed by atoms with Crippen molar-refractivity contribution in [2.24, 2.45) is 15.9 Å². The summed E-state index contributed by atoms with van der Waals surface area (Å²) in [7, 11) is 0. The van der Waals surface area contributed by atoms with Crippen LogP contribution in [0.5, 0.6) is 0 Å². The van der Waals surface area contributed by atoms with Gasteiger partial charge >= 0.3 is 0 Å². The van der Waals surface area contributed by atoms with E-state index < -0.39 is 0 Å². The number of allylic oxidation sites excluding steroid dienone is 2. The Bertz CT molecular complexity index is 743. The lowest BCUT2D eigenvalue weighted by Gasteiger charge is -2.31. The number of quaternary nitrogens is 1. The Balaban J connectivity index is 1.47. The van der Waals surface area contributed by atoms with Crippen molar-refractivity contribution in [2.75, 3.05) is 18.0 Å². The maximum atomic E-state index is 6.56. The Morgan fingerprint density at radius 3 is 2.71 bits per heavy atom. The van der Waals surface area contributed by atoms with E-state index in [-0.39, 0.29) is 4.00 Å². The fraction of sp³-hybridized carbons (Fsp3) is 0.412. The van der Waals surface area contributed by atoms with Crippen molar-refractivity contribution >= 4 is 30.3 Å². The number of aliphatic imine (C=N–C) groups is 2. The van der Waals surface area contributed by atoms with E-state index in [4.69, 9.17) is 11.8 Å². The quantitative estimate of drug-likeness (QED) is 0.793. The molecule has 1 saturated heterocycles. The maximum Gasteiger partial charge on any atom is 0.225 e. The summed E-state index contributed by atoms with van der Waals surface area (Å²) < 4.78 is 0.112. The number of piperidine rings is 1. The van der Waals surface area contributed by atoms with Crippen LogP contribution in [-0.4, -0.2) is 39.6 Å². The number of fused-ring (bicyclic) bond motifs is 1. The van der Waals surface area contributed by atoms with Gasteiger partial charge in [0.05, 0.1) is 12.4 Å². The van der Waals surface area contributed by atoms with Gasteiger partial charge in [0.2, 0.25) is 18.0 Å². The summed E-state index contributed by atoms with van der Waals surface area (Å²) in [5, 5.41) is 0. The Morgan fingerprint density at radius 2 is 2.00 bits per heavy atom. The fourth-order valence-electron chi connectivity index (χ4n) is 3.33. The summed E-state index contributed by atoms with van der Waals surface area (Å²) in [5.74, 6) is 1.22. The first kappa shape index (κ1) is 15.5. The van der Waals surface area contributed by atoms with Crippen molar-refractivity contribution < 1.29 is 4.00 Å². The number of rotatable bonds is 3. The molecule has 6 nitrogen and oxygen atoms in total. The topological polar surface area (TPSA) is 53.7 Å². The van der Waals surface area contributed by atoms with Crippen molar-refractivity contribution in [1.29, 1.82) is 0 Å². The molecule has 0 amide bonds. The third-order valence-electron chi connectivity index (χ3n) is 4.83. The molecule has 1 aromatic heterocycles. The zero-order valence-electron chi connectivity index (χ0n) is 13.6. The lowest BCUT2D eigenvalue weighted by molar-refractivity contribution is -0.592. The maximum absolute atomic E-state index is 6.56. The largest absolute Gasteiger partial charge is 0.341 e. The highest BCUT2D eigenvalue weighted by Gasteiger charge is 2.40. The molecule has 3 aliphatic rings. The summed E-state index contributed by atoms with van der Waals surface area (Å²) in [5.41, 5.74) is 3.21. The zero-order chi connectivity index (χ0) is 16.6. The fourth-order valence-corrected chi connectivity index (χ4v) is 3.56. The van der Waals surface area contributed by atoms with Crippen molar-refractivity contribution in [2.45, 2.75) is 26.2 Å². The first-order valence-corrected chi connectivity index (χ1v) is 8.68. The summed E-state index contributed by atoms with van der Waals surface area (Å²) in [6, 6.07) is 0. The minimum atomic E-state index is 0.112. The van der Waals surface area contributed by atoms with Crippen LogP contribution < -0.4 is 4.90 Å². The van der Waals surface area contributed by atoms with Crippen LogP contribution in [0.1, 0.15) is 25.3 Å². The van der Waals surface area contributed by atoms with Gasteiger partial charge in [0, 0.05) is 31.4 Å². The van der Waals surface area contributed by atoms with Crippen LogP contribution in [0.3, 0.4) is 0 Å². The highest BCUT2D eigenvalue weighted by Crippen LogP contribution is 2.37. The lowest BCUT2D eigenvalue weighted by atomic mass is 9.92.